The fraction of sp³-hybridized carbons (Fsp3) is 0.722. The van der Waals surface area contributed by atoms with Crippen LogP contribution in [0.2, 0.25) is 0 Å². The highest BCUT2D eigenvalue weighted by Crippen LogP contribution is 2.61. The monoisotopic (exact) mass is 272 g/mol. The summed E-state index contributed by atoms with van der Waals surface area (Å²) in [4.78, 5) is 11.6. The van der Waals surface area contributed by atoms with Gasteiger partial charge in [-0.2, -0.15) is 0 Å². The molecule has 3 saturated carbocycles. The molecule has 0 amide bonds. The Bertz CT molecular complexity index is 504. The lowest BCUT2D eigenvalue weighted by Crippen LogP contribution is -2.47. The lowest BCUT2D eigenvalue weighted by Gasteiger charge is -2.52. The molecule has 0 bridgehead atoms. The van der Waals surface area contributed by atoms with E-state index in [-0.39, 0.29) is 17.3 Å². The summed E-state index contributed by atoms with van der Waals surface area (Å²) in [6.45, 7) is 2.32. The normalized spacial score (nSPS) is 50.2. The van der Waals surface area contributed by atoms with Crippen LogP contribution >= 0.6 is 0 Å². The minimum atomic E-state index is -0.0890. The maximum absolute atomic E-state index is 11.6. The summed E-state index contributed by atoms with van der Waals surface area (Å²) < 4.78 is 0. The van der Waals surface area contributed by atoms with Crippen LogP contribution in [-0.4, -0.2) is 17.0 Å². The van der Waals surface area contributed by atoms with Gasteiger partial charge in [-0.25, -0.2) is 0 Å². The second-order valence-corrected chi connectivity index (χ2v) is 7.62. The van der Waals surface area contributed by atoms with E-state index in [1.54, 1.807) is 6.08 Å². The highest BCUT2D eigenvalue weighted by atomic mass is 16.3. The number of carbonyl (C=O) groups excluding carboxylic acids is 1. The van der Waals surface area contributed by atoms with Crippen LogP contribution in [-0.2, 0) is 4.79 Å². The van der Waals surface area contributed by atoms with Crippen LogP contribution in [0.15, 0.2) is 23.8 Å². The first-order valence-corrected chi connectivity index (χ1v) is 8.20. The Morgan fingerprint density at radius 2 is 2.05 bits per heavy atom. The van der Waals surface area contributed by atoms with E-state index in [2.05, 4.69) is 13.0 Å². The van der Waals surface area contributed by atoms with Crippen molar-refractivity contribution in [3.05, 3.63) is 23.8 Å². The van der Waals surface area contributed by atoms with Crippen LogP contribution < -0.4 is 0 Å². The lowest BCUT2D eigenvalue weighted by atomic mass is 9.53. The number of hydrogen-bond donors (Lipinski definition) is 1. The molecule has 2 nitrogen and oxygen atoms in total. The highest BCUT2D eigenvalue weighted by Gasteiger charge is 2.55. The third-order valence-corrected chi connectivity index (χ3v) is 6.89. The maximum Gasteiger partial charge on any atom is 0.178 e. The first-order chi connectivity index (χ1) is 9.59. The number of hydrogen-bond acceptors (Lipinski definition) is 2. The first kappa shape index (κ1) is 12.8. The van der Waals surface area contributed by atoms with E-state index in [0.29, 0.717) is 17.8 Å². The molecule has 0 heterocycles. The van der Waals surface area contributed by atoms with Gasteiger partial charge in [-0.3, -0.25) is 4.79 Å². The molecule has 0 radical (unpaired) electrons. The van der Waals surface area contributed by atoms with Crippen LogP contribution in [0.3, 0.4) is 0 Å². The number of carbonyl (C=O) groups is 1. The summed E-state index contributed by atoms with van der Waals surface area (Å²) >= 11 is 0. The Hall–Kier alpha value is -0.890. The topological polar surface area (TPSA) is 37.3 Å². The predicted octanol–water partition coefficient (Wildman–Crippen LogP) is 3.27. The molecule has 0 aromatic rings. The number of rotatable bonds is 0. The zero-order valence-corrected chi connectivity index (χ0v) is 12.2. The molecule has 2 heteroatoms. The van der Waals surface area contributed by atoms with Crippen molar-refractivity contribution in [1.29, 1.82) is 0 Å². The quantitative estimate of drug-likeness (QED) is 0.735. The van der Waals surface area contributed by atoms with E-state index in [9.17, 15) is 9.90 Å². The van der Waals surface area contributed by atoms with E-state index < -0.39 is 0 Å². The highest BCUT2D eigenvalue weighted by molar-refractivity contribution is 6.00. The largest absolute Gasteiger partial charge is 0.393 e. The minimum absolute atomic E-state index is 0.0890. The van der Waals surface area contributed by atoms with Crippen LogP contribution in [0.5, 0.6) is 0 Å². The molecule has 4 aliphatic carbocycles. The van der Waals surface area contributed by atoms with E-state index in [4.69, 9.17) is 0 Å². The maximum atomic E-state index is 11.6. The first-order valence-electron chi connectivity index (χ1n) is 8.20. The molecule has 0 aliphatic heterocycles. The van der Waals surface area contributed by atoms with Crippen molar-refractivity contribution in [1.82, 2.24) is 0 Å². The summed E-state index contributed by atoms with van der Waals surface area (Å²) in [5.41, 5.74) is 1.54. The standard InChI is InChI=1S/C18H24O2/c1-18-9-8-14-13-5-3-12(19)10-11(13)2-4-15(14)16(18)6-7-17(18)20/h3,5,10,13-17,20H,2,4,6-9H2,1H3/t13-,14-,15+,16+,17+,18+/m1/s1. The molecule has 1 N–H and O–H groups in total. The van der Waals surface area contributed by atoms with Gasteiger partial charge in [0.25, 0.3) is 0 Å². The molecule has 0 aromatic carbocycles. The van der Waals surface area contributed by atoms with Crippen molar-refractivity contribution >= 4 is 5.78 Å². The molecular formula is C18H24O2. The van der Waals surface area contributed by atoms with Crippen LogP contribution in [0.25, 0.3) is 0 Å². The molecule has 6 atom stereocenters. The molecular weight excluding hydrogens is 248 g/mol. The number of aliphatic hydroxyl groups is 1. The van der Waals surface area contributed by atoms with Crippen molar-refractivity contribution in [3.8, 4) is 0 Å². The van der Waals surface area contributed by atoms with Crippen molar-refractivity contribution in [2.24, 2.45) is 29.1 Å². The predicted molar refractivity (Wildman–Crippen MR) is 78.0 cm³/mol. The lowest BCUT2D eigenvalue weighted by molar-refractivity contribution is -0.110. The molecule has 4 aliphatic rings. The third kappa shape index (κ3) is 1.64. The van der Waals surface area contributed by atoms with Gasteiger partial charge in [0.1, 0.15) is 0 Å². The Balaban J connectivity index is 1.65. The SMILES string of the molecule is C[C@]12CC[C@H]3[C@H](CCC4=CC(=O)C=C[C@H]43)[C@@H]1CC[C@@H]2O. The van der Waals surface area contributed by atoms with Gasteiger partial charge in [0.2, 0.25) is 0 Å². The molecule has 0 saturated heterocycles. The molecule has 20 heavy (non-hydrogen) atoms. The molecule has 4 rings (SSSR count). The zero-order valence-electron chi connectivity index (χ0n) is 12.2. The molecule has 108 valence electrons. The summed E-state index contributed by atoms with van der Waals surface area (Å²) in [6.07, 6.45) is 12.6. The number of aliphatic hydroxyl groups excluding tert-OH is 1. The zero-order chi connectivity index (χ0) is 13.9. The van der Waals surface area contributed by atoms with Gasteiger partial charge >= 0.3 is 0 Å². The van der Waals surface area contributed by atoms with E-state index in [0.717, 1.165) is 25.2 Å². The van der Waals surface area contributed by atoms with Gasteiger partial charge in [0.05, 0.1) is 6.10 Å². The second kappa shape index (κ2) is 4.30. The second-order valence-electron chi connectivity index (χ2n) is 7.62. The van der Waals surface area contributed by atoms with Crippen LogP contribution in [0.4, 0.5) is 0 Å². The Labute approximate surface area is 120 Å². The van der Waals surface area contributed by atoms with Gasteiger partial charge in [0.15, 0.2) is 5.78 Å². The van der Waals surface area contributed by atoms with Gasteiger partial charge in [-0.05, 0) is 73.8 Å². The van der Waals surface area contributed by atoms with Gasteiger partial charge in [0, 0.05) is 5.92 Å². The molecule has 0 unspecified atom stereocenters. The summed E-state index contributed by atoms with van der Waals surface area (Å²) in [7, 11) is 0. The summed E-state index contributed by atoms with van der Waals surface area (Å²) in [6, 6.07) is 0. The van der Waals surface area contributed by atoms with Gasteiger partial charge in [-0.15, -0.1) is 0 Å². The van der Waals surface area contributed by atoms with Crippen molar-refractivity contribution in [3.63, 3.8) is 0 Å². The van der Waals surface area contributed by atoms with Crippen molar-refractivity contribution in [2.45, 2.75) is 51.6 Å². The number of allylic oxidation sites excluding steroid dienone is 4. The average Bonchev–Trinajstić information content (AvgIpc) is 2.74. The molecule has 3 fully saturated rings. The Morgan fingerprint density at radius 1 is 1.20 bits per heavy atom. The van der Waals surface area contributed by atoms with Crippen molar-refractivity contribution < 1.29 is 9.90 Å². The molecule has 0 aromatic heterocycles. The Morgan fingerprint density at radius 3 is 2.90 bits per heavy atom. The average molecular weight is 272 g/mol. The van der Waals surface area contributed by atoms with E-state index >= 15 is 0 Å². The number of fused-ring (bicyclic) bond motifs is 5. The number of ketones is 1. The molecule has 0 spiro atoms. The van der Waals surface area contributed by atoms with Gasteiger partial charge in [-0.1, -0.05) is 18.6 Å². The summed E-state index contributed by atoms with van der Waals surface area (Å²) in [5, 5.41) is 10.4. The third-order valence-electron chi connectivity index (χ3n) is 6.89. The Kier molecular flexibility index (Phi) is 2.76. The van der Waals surface area contributed by atoms with E-state index in [1.807, 2.05) is 6.08 Å². The van der Waals surface area contributed by atoms with Crippen molar-refractivity contribution in [2.75, 3.05) is 0 Å². The van der Waals surface area contributed by atoms with Crippen LogP contribution in [0.1, 0.15) is 45.4 Å². The van der Waals surface area contributed by atoms with Gasteiger partial charge < -0.3 is 5.11 Å². The fourth-order valence-electron chi connectivity index (χ4n) is 5.79. The smallest absolute Gasteiger partial charge is 0.178 e. The van der Waals surface area contributed by atoms with Crippen LogP contribution in [0, 0.1) is 29.1 Å². The minimum Gasteiger partial charge on any atom is -0.393 e. The van der Waals surface area contributed by atoms with E-state index in [1.165, 1.54) is 24.8 Å². The summed E-state index contributed by atoms with van der Waals surface area (Å²) in [5.74, 6) is 2.85. The fourth-order valence-corrected chi connectivity index (χ4v) is 5.79.